The van der Waals surface area contributed by atoms with Gasteiger partial charge in [-0.3, -0.25) is 32.8 Å². The first-order chi connectivity index (χ1) is 49.8. The minimum atomic E-state index is -6.00. The number of amides is 4. The standard InChI is InChI=1S/C24H41N3O19P2.C14H28NO12P.C8H17NO4S.C6H14NO8P/c1-13-25-16(30)3-5-27(13)23-22(35)20(33)15(43-23)12-42-47(36,37)46-48(38,39)45-24-18(21(34)19(32)14(11-29)44-24)26-17(31)4-8-41-10-9-40-7-2-6-28;16-3-1-4-24-6-7-25-5-2-10(18)15-11-13(20)12(19)9(8-17)26-14(11)27-28(21,22)23;10-3-1-4-12-6-7-13-5-2-8(11)9-14;7-3-5(10)4(9)2(1-8)14-6(3)15-16(11,12)13/h3,5,14-15,18-24,28-29,32-35H,1-2,4,6-12H2,(H,25,30)(H,26,31)(H,36,37)(H,38,39);9,11-14,16-17,19-20H,1-8H2,(H,15,18)(H2,21,22,23);10,14H,1-7H2,(H,9,11);2-6,8-10H,1,7H2,(H2,11,12,13)/p-6/t14?,15?,18?,19-,20?,21+,22?,23?,24+;9?,11?,12-,13+,14+;;2?,3?,4-,5+,6+/m00.0/s1. The normalized spacial score (nSPS) is 30.1. The van der Waals surface area contributed by atoms with E-state index in [0.29, 0.717) is 65.3 Å². The van der Waals surface area contributed by atoms with Crippen LogP contribution in [0, 0.1) is 0 Å². The summed E-state index contributed by atoms with van der Waals surface area (Å²) >= 11 is 3.59. The van der Waals surface area contributed by atoms with E-state index in [2.05, 4.69) is 62.5 Å². The Labute approximate surface area is 610 Å². The number of nitrogens with two attached hydrogens (primary N) is 1. The van der Waals surface area contributed by atoms with Gasteiger partial charge in [-0.1, -0.05) is 19.4 Å². The van der Waals surface area contributed by atoms with Crippen LogP contribution < -0.4 is 55.8 Å². The van der Waals surface area contributed by atoms with Crippen LogP contribution in [0.1, 0.15) is 38.5 Å². The molecule has 0 aromatic heterocycles. The van der Waals surface area contributed by atoms with Crippen molar-refractivity contribution in [2.24, 2.45) is 5.73 Å². The van der Waals surface area contributed by atoms with Gasteiger partial charge in [0.15, 0.2) is 25.1 Å². The Kier molecular flexibility index (Phi) is 48.2. The number of hydrogen-bond donors (Lipinski definition) is 20. The molecule has 0 aromatic carbocycles. The highest BCUT2D eigenvalue weighted by Crippen LogP contribution is 2.57. The molecule has 5 aliphatic heterocycles. The quantitative estimate of drug-likeness (QED) is 0.0153. The SMILES string of the molecule is C=C1NC(=O)C=CN1C1OC(COP(=O)([O-])OP(=O)([O-])O[C@H]2OC(CO)[C@H](O)[C@H](O)C2NC(=O)CCOCCOCCCO)C(O)C1O.NC1[C@@H](OP(=O)([O-])[O-])OC(CO)[C@H](O)[C@@H]1O.O=C(CCOCCOCCCO)NC1[C@@H](OP(=O)([O-])[O-])OC(CO)[C@H](O)[C@@H]1O.O=C(CCOCCOCCCO)NS. The molecule has 0 aromatic rings. The topological polar surface area (TPSA) is 774 Å². The lowest BCUT2D eigenvalue weighted by Gasteiger charge is -2.45. The fourth-order valence-electron chi connectivity index (χ4n) is 8.92. The molecule has 4 saturated heterocycles. The van der Waals surface area contributed by atoms with Gasteiger partial charge < -0.3 is 202 Å². The first-order valence-corrected chi connectivity index (χ1v) is 38.1. The number of thiol groups is 1. The monoisotopic (exact) mass is 1650 g/mol. The number of nitrogens with one attached hydrogen (secondary N) is 4. The molecule has 0 bridgehead atoms. The number of ether oxygens (including phenoxy) is 10. The van der Waals surface area contributed by atoms with E-state index in [-0.39, 0.29) is 84.0 Å². The summed E-state index contributed by atoms with van der Waals surface area (Å²) in [5, 5.41) is 140. The van der Waals surface area contributed by atoms with Gasteiger partial charge in [0.1, 0.15) is 91.2 Å². The zero-order valence-corrected chi connectivity index (χ0v) is 60.8. The van der Waals surface area contributed by atoms with Gasteiger partial charge in [0, 0.05) is 64.8 Å². The summed E-state index contributed by atoms with van der Waals surface area (Å²) in [5.41, 5.74) is 5.30. The maximum Gasteiger partial charge on any atom is 0.276 e. The molecule has 12 unspecified atom stereocenters. The van der Waals surface area contributed by atoms with E-state index in [1.54, 1.807) is 0 Å². The summed E-state index contributed by atoms with van der Waals surface area (Å²) in [6, 6.07) is -4.81. The Bertz CT molecular complexity index is 2780. The summed E-state index contributed by atoms with van der Waals surface area (Å²) < 4.78 is 121. The van der Waals surface area contributed by atoms with E-state index in [1.807, 2.05) is 0 Å². The number of rotatable bonds is 44. The van der Waals surface area contributed by atoms with E-state index < -0.39 is 192 Å². The smallest absolute Gasteiger partial charge is 0.276 e. The van der Waals surface area contributed by atoms with Gasteiger partial charge in [-0.15, -0.1) is 0 Å². The van der Waals surface area contributed by atoms with Crippen molar-refractivity contribution in [1.82, 2.24) is 25.6 Å². The van der Waals surface area contributed by atoms with Crippen molar-refractivity contribution >= 4 is 67.7 Å². The molecule has 5 aliphatic rings. The van der Waals surface area contributed by atoms with E-state index in [0.717, 1.165) is 11.0 Å². The Hall–Kier alpha value is -3.01. The fraction of sp³-hybridized carbons (Fsp3) is 0.846. The molecule has 622 valence electrons. The van der Waals surface area contributed by atoms with Crippen molar-refractivity contribution in [3.8, 4) is 0 Å². The molecule has 54 heteroatoms. The fourth-order valence-corrected chi connectivity index (χ4v) is 12.0. The molecule has 4 amide bonds. The van der Waals surface area contributed by atoms with E-state index >= 15 is 0 Å². The zero-order valence-electron chi connectivity index (χ0n) is 56.4. The number of nitrogens with zero attached hydrogens (tertiary/aromatic N) is 1. The minimum absolute atomic E-state index is 0.0182. The van der Waals surface area contributed by atoms with Gasteiger partial charge in [0.2, 0.25) is 17.7 Å². The first-order valence-electron chi connectivity index (χ1n) is 31.8. The molecule has 0 spiro atoms. The second-order valence-electron chi connectivity index (χ2n) is 22.3. The molecule has 106 heavy (non-hydrogen) atoms. The molecular weight excluding hydrogens is 1550 g/mol. The highest BCUT2D eigenvalue weighted by Gasteiger charge is 2.50. The third-order valence-electron chi connectivity index (χ3n) is 14.2. The zero-order chi connectivity index (χ0) is 80.0. The molecule has 49 nitrogen and oxygen atoms in total. The highest BCUT2D eigenvalue weighted by atomic mass is 32.1. The average Bonchev–Trinajstić information content (AvgIpc) is 1.51. The summed E-state index contributed by atoms with van der Waals surface area (Å²) in [6.45, 7) is 3.31. The number of aliphatic hydroxyl groups excluding tert-OH is 14. The van der Waals surface area contributed by atoms with Crippen LogP contribution in [0.15, 0.2) is 24.7 Å². The van der Waals surface area contributed by atoms with Gasteiger partial charge in [-0.25, -0.2) is 4.31 Å². The first kappa shape index (κ1) is 99.1. The third kappa shape index (κ3) is 38.0. The predicted octanol–water partition coefficient (Wildman–Crippen LogP) is -14.5. The van der Waals surface area contributed by atoms with E-state index in [1.165, 1.54) is 6.20 Å². The highest BCUT2D eigenvalue weighted by molar-refractivity contribution is 7.78. The molecule has 21 atom stereocenters. The van der Waals surface area contributed by atoms with Crippen molar-refractivity contribution < 1.29 is 208 Å². The van der Waals surface area contributed by atoms with E-state index in [9.17, 15) is 113 Å². The second-order valence-corrected chi connectivity index (χ2v) is 27.6. The van der Waals surface area contributed by atoms with Crippen molar-refractivity contribution in [1.29, 1.82) is 0 Å². The molecule has 20 N–H and O–H groups in total. The lowest BCUT2D eigenvalue weighted by atomic mass is 9.97. The summed E-state index contributed by atoms with van der Waals surface area (Å²) in [7, 11) is -22.7. The number of aliphatic hydroxyl groups is 14. The van der Waals surface area contributed by atoms with E-state index in [4.69, 9.17) is 78.6 Å². The molecule has 4 fully saturated rings. The maximum atomic E-state index is 12.6. The third-order valence-corrected chi connectivity index (χ3v) is 17.9. The van der Waals surface area contributed by atoms with Crippen molar-refractivity contribution in [2.75, 3.05) is 126 Å². The van der Waals surface area contributed by atoms with Crippen LogP contribution in [0.25, 0.3) is 0 Å². The van der Waals surface area contributed by atoms with Crippen LogP contribution in [0.3, 0.4) is 0 Å². The summed E-state index contributed by atoms with van der Waals surface area (Å²) in [6.07, 6.45) is -23.2. The Morgan fingerprint density at radius 2 is 0.877 bits per heavy atom. The van der Waals surface area contributed by atoms with Gasteiger partial charge >= 0.3 is 0 Å². The Balaban J connectivity index is 0.000000549. The summed E-state index contributed by atoms with van der Waals surface area (Å²) in [5.74, 6) is -2.25. The number of hydrogen-bond acceptors (Lipinski definition) is 46. The Morgan fingerprint density at radius 3 is 1.26 bits per heavy atom. The van der Waals surface area contributed by atoms with Crippen LogP contribution >= 0.6 is 44.1 Å². The van der Waals surface area contributed by atoms with Crippen LogP contribution in [-0.4, -0.2) is 342 Å². The van der Waals surface area contributed by atoms with Crippen molar-refractivity contribution in [3.63, 3.8) is 0 Å². The van der Waals surface area contributed by atoms with Crippen LogP contribution in [0.4, 0.5) is 0 Å². The van der Waals surface area contributed by atoms with Crippen LogP contribution in [0.2, 0.25) is 0 Å². The lowest BCUT2D eigenvalue weighted by Crippen LogP contribution is -2.64. The maximum absolute atomic E-state index is 12.6. The number of phosphoric ester groups is 4. The number of carbonyl (C=O) groups is 4. The lowest BCUT2D eigenvalue weighted by molar-refractivity contribution is -0.363. The number of carbonyl (C=O) groups excluding carboxylic acids is 4. The molecule has 0 aliphatic carbocycles. The molecule has 0 radical (unpaired) electrons. The predicted molar refractivity (Wildman–Crippen MR) is 336 cm³/mol. The van der Waals surface area contributed by atoms with Gasteiger partial charge in [-0.05, 0) is 19.3 Å². The second kappa shape index (κ2) is 51.6. The van der Waals surface area contributed by atoms with Gasteiger partial charge in [-0.2, -0.15) is 0 Å². The molecule has 5 heterocycles. The average molecular weight is 1650 g/mol. The van der Waals surface area contributed by atoms with Gasteiger partial charge in [0.25, 0.3) is 21.6 Å². The van der Waals surface area contributed by atoms with Crippen LogP contribution in [0.5, 0.6) is 0 Å². The van der Waals surface area contributed by atoms with Crippen molar-refractivity contribution in [2.45, 2.75) is 155 Å². The number of phosphoric acid groups is 4. The molecule has 0 saturated carbocycles. The Morgan fingerprint density at radius 1 is 0.509 bits per heavy atom. The largest absolute Gasteiger partial charge is 0.790 e. The van der Waals surface area contributed by atoms with Crippen LogP contribution in [-0.2, 0) is 107 Å². The molecule has 5 rings (SSSR count). The molecular formula is C52H94N6O43P4S-6. The van der Waals surface area contributed by atoms with Gasteiger partial charge in [0.05, 0.1) is 114 Å². The summed E-state index contributed by atoms with van der Waals surface area (Å²) in [4.78, 5) is 115. The minimum Gasteiger partial charge on any atom is -0.790 e. The van der Waals surface area contributed by atoms with Crippen molar-refractivity contribution in [3.05, 3.63) is 24.7 Å².